The number of esters is 1. The van der Waals surface area contributed by atoms with Crippen LogP contribution in [0.3, 0.4) is 0 Å². The Bertz CT molecular complexity index is 1030. The molecule has 6 nitrogen and oxygen atoms in total. The molecular weight excluding hydrogens is 436 g/mol. The Kier molecular flexibility index (Phi) is 8.97. The van der Waals surface area contributed by atoms with Gasteiger partial charge in [0.15, 0.2) is 11.9 Å². The van der Waals surface area contributed by atoms with Gasteiger partial charge in [0.25, 0.3) is 0 Å². The molecule has 2 heterocycles. The summed E-state index contributed by atoms with van der Waals surface area (Å²) >= 11 is 1.66. The predicted molar refractivity (Wildman–Crippen MR) is 131 cm³/mol. The fraction of sp³-hybridized carbons (Fsp3) is 0.423. The van der Waals surface area contributed by atoms with Gasteiger partial charge >= 0.3 is 5.97 Å². The van der Waals surface area contributed by atoms with Crippen molar-refractivity contribution in [2.24, 2.45) is 0 Å². The zero-order valence-corrected chi connectivity index (χ0v) is 20.8. The monoisotopic (exact) mass is 468 g/mol. The third-order valence-electron chi connectivity index (χ3n) is 5.23. The van der Waals surface area contributed by atoms with Crippen molar-refractivity contribution in [3.63, 3.8) is 0 Å². The number of aryl methyl sites for hydroxylation is 2. The first-order valence-corrected chi connectivity index (χ1v) is 12.2. The maximum absolute atomic E-state index is 12.1. The molecule has 0 aliphatic heterocycles. The molecule has 0 bridgehead atoms. The zero-order chi connectivity index (χ0) is 23.8. The summed E-state index contributed by atoms with van der Waals surface area (Å²) in [6.07, 6.45) is 4.45. The lowest BCUT2D eigenvalue weighted by molar-refractivity contribution is -0.156. The standard InChI is InChI=1S/C26H32N2O4S/c1-6-19-15-27-25(28-16-19)23-13-17(4)24(33-23)18(5)32-21-11-9-20(10-12-21)14-22(30-7-2)26(29)31-8-3/h9-13,15-16,18,22H,6-8,14H2,1-5H3/t18?,22-/m0/s1. The molecule has 3 aromatic rings. The molecule has 3 rings (SSSR count). The Labute approximate surface area is 200 Å². The van der Waals surface area contributed by atoms with Gasteiger partial charge in [-0.15, -0.1) is 11.3 Å². The predicted octanol–water partition coefficient (Wildman–Crippen LogP) is 5.73. The largest absolute Gasteiger partial charge is 0.485 e. The maximum Gasteiger partial charge on any atom is 0.335 e. The smallest absolute Gasteiger partial charge is 0.335 e. The normalized spacial score (nSPS) is 12.9. The Balaban J connectivity index is 1.66. The first-order valence-electron chi connectivity index (χ1n) is 11.4. The van der Waals surface area contributed by atoms with Crippen molar-refractivity contribution in [2.75, 3.05) is 13.2 Å². The van der Waals surface area contributed by atoms with Gasteiger partial charge in [-0.05, 0) is 69.0 Å². The van der Waals surface area contributed by atoms with Crippen LogP contribution in [-0.2, 0) is 27.1 Å². The number of aromatic nitrogens is 2. The molecule has 0 spiro atoms. The molecule has 2 atom stereocenters. The van der Waals surface area contributed by atoms with E-state index >= 15 is 0 Å². The van der Waals surface area contributed by atoms with E-state index < -0.39 is 6.10 Å². The zero-order valence-electron chi connectivity index (χ0n) is 20.0. The Morgan fingerprint density at radius 1 is 1.03 bits per heavy atom. The second-order valence-electron chi connectivity index (χ2n) is 7.73. The van der Waals surface area contributed by atoms with E-state index in [1.807, 2.05) is 50.5 Å². The molecule has 0 aliphatic carbocycles. The van der Waals surface area contributed by atoms with Crippen molar-refractivity contribution in [2.45, 2.75) is 59.7 Å². The van der Waals surface area contributed by atoms with Crippen LogP contribution in [0, 0.1) is 6.92 Å². The lowest BCUT2D eigenvalue weighted by atomic mass is 10.1. The van der Waals surface area contributed by atoms with Crippen LogP contribution >= 0.6 is 11.3 Å². The average molecular weight is 469 g/mol. The number of rotatable bonds is 11. The van der Waals surface area contributed by atoms with Gasteiger partial charge in [0.2, 0.25) is 0 Å². The molecule has 0 radical (unpaired) electrons. The molecule has 0 saturated heterocycles. The fourth-order valence-electron chi connectivity index (χ4n) is 3.50. The van der Waals surface area contributed by atoms with Crippen LogP contribution in [0.25, 0.3) is 10.7 Å². The molecule has 1 aromatic carbocycles. The number of nitrogens with zero attached hydrogens (tertiary/aromatic N) is 2. The van der Waals surface area contributed by atoms with Gasteiger partial charge in [-0.25, -0.2) is 14.8 Å². The van der Waals surface area contributed by atoms with Crippen LogP contribution in [0.2, 0.25) is 0 Å². The van der Waals surface area contributed by atoms with Gasteiger partial charge < -0.3 is 14.2 Å². The summed E-state index contributed by atoms with van der Waals surface area (Å²) in [7, 11) is 0. The topological polar surface area (TPSA) is 70.5 Å². The first-order chi connectivity index (χ1) is 15.9. The number of carbonyl (C=O) groups is 1. The van der Waals surface area contributed by atoms with Crippen LogP contribution in [-0.4, -0.2) is 35.3 Å². The SMILES string of the molecule is CCOC(=O)[C@H](Cc1ccc(OC(C)c2sc(-c3ncc(CC)cn3)cc2C)cc1)OCC. The van der Waals surface area contributed by atoms with E-state index in [9.17, 15) is 4.79 Å². The average Bonchev–Trinajstić information content (AvgIpc) is 3.22. The van der Waals surface area contributed by atoms with Crippen molar-refractivity contribution in [1.29, 1.82) is 0 Å². The lowest BCUT2D eigenvalue weighted by Gasteiger charge is -2.17. The third kappa shape index (κ3) is 6.62. The molecule has 1 unspecified atom stereocenters. The number of hydrogen-bond acceptors (Lipinski definition) is 7. The minimum atomic E-state index is -0.596. The minimum absolute atomic E-state index is 0.111. The van der Waals surface area contributed by atoms with Gasteiger partial charge in [0.05, 0.1) is 11.5 Å². The molecule has 0 amide bonds. The van der Waals surface area contributed by atoms with Crippen molar-refractivity contribution >= 4 is 17.3 Å². The van der Waals surface area contributed by atoms with Gasteiger partial charge in [-0.2, -0.15) is 0 Å². The van der Waals surface area contributed by atoms with E-state index in [-0.39, 0.29) is 12.1 Å². The van der Waals surface area contributed by atoms with Gasteiger partial charge in [0, 0.05) is 30.3 Å². The summed E-state index contributed by atoms with van der Waals surface area (Å²) in [6, 6.07) is 9.90. The van der Waals surface area contributed by atoms with E-state index in [1.165, 1.54) is 0 Å². The molecule has 7 heteroatoms. The van der Waals surface area contributed by atoms with Gasteiger partial charge in [-0.3, -0.25) is 0 Å². The Hall–Kier alpha value is -2.77. The molecular formula is C26H32N2O4S. The maximum atomic E-state index is 12.1. The lowest BCUT2D eigenvalue weighted by Crippen LogP contribution is -2.28. The second-order valence-corrected chi connectivity index (χ2v) is 8.81. The van der Waals surface area contributed by atoms with Gasteiger partial charge in [-0.1, -0.05) is 19.1 Å². The highest BCUT2D eigenvalue weighted by atomic mass is 32.1. The van der Waals surface area contributed by atoms with Crippen molar-refractivity contribution in [3.05, 3.63) is 64.3 Å². The van der Waals surface area contributed by atoms with Crippen LogP contribution < -0.4 is 4.74 Å². The molecule has 176 valence electrons. The third-order valence-corrected chi connectivity index (χ3v) is 6.63. The van der Waals surface area contributed by atoms with Crippen LogP contribution in [0.4, 0.5) is 0 Å². The van der Waals surface area contributed by atoms with Crippen molar-refractivity contribution in [1.82, 2.24) is 9.97 Å². The minimum Gasteiger partial charge on any atom is -0.485 e. The number of benzene rings is 1. The summed E-state index contributed by atoms with van der Waals surface area (Å²) in [4.78, 5) is 23.3. The number of carbonyl (C=O) groups excluding carboxylic acids is 1. The number of thiophene rings is 1. The molecule has 2 aromatic heterocycles. The summed E-state index contributed by atoms with van der Waals surface area (Å²) < 4.78 is 16.9. The second kappa shape index (κ2) is 11.9. The van der Waals surface area contributed by atoms with E-state index in [0.29, 0.717) is 19.6 Å². The summed E-state index contributed by atoms with van der Waals surface area (Å²) in [6.45, 7) is 10.7. The first kappa shape index (κ1) is 24.9. The number of hydrogen-bond donors (Lipinski definition) is 0. The summed E-state index contributed by atoms with van der Waals surface area (Å²) in [5.74, 6) is 1.19. The highest BCUT2D eigenvalue weighted by Gasteiger charge is 2.21. The van der Waals surface area contributed by atoms with E-state index in [0.717, 1.165) is 44.4 Å². The fourth-order valence-corrected chi connectivity index (χ4v) is 4.60. The van der Waals surface area contributed by atoms with E-state index in [4.69, 9.17) is 14.2 Å². The van der Waals surface area contributed by atoms with E-state index in [1.54, 1.807) is 18.3 Å². The summed E-state index contributed by atoms with van der Waals surface area (Å²) in [5, 5.41) is 0. The number of ether oxygens (including phenoxy) is 3. The molecule has 33 heavy (non-hydrogen) atoms. The molecule has 0 N–H and O–H groups in total. The molecule has 0 fully saturated rings. The molecule has 0 saturated carbocycles. The quantitative estimate of drug-likeness (QED) is 0.335. The highest BCUT2D eigenvalue weighted by molar-refractivity contribution is 7.15. The Morgan fingerprint density at radius 3 is 2.33 bits per heavy atom. The van der Waals surface area contributed by atoms with Crippen molar-refractivity contribution in [3.8, 4) is 16.5 Å². The van der Waals surface area contributed by atoms with Crippen LogP contribution in [0.15, 0.2) is 42.7 Å². The van der Waals surface area contributed by atoms with Crippen LogP contribution in [0.5, 0.6) is 5.75 Å². The van der Waals surface area contributed by atoms with Gasteiger partial charge in [0.1, 0.15) is 11.9 Å². The summed E-state index contributed by atoms with van der Waals surface area (Å²) in [5.41, 5.74) is 3.28. The van der Waals surface area contributed by atoms with E-state index in [2.05, 4.69) is 29.9 Å². The highest BCUT2D eigenvalue weighted by Crippen LogP contribution is 2.35. The van der Waals surface area contributed by atoms with Crippen LogP contribution in [0.1, 0.15) is 55.4 Å². The Morgan fingerprint density at radius 2 is 1.73 bits per heavy atom. The molecule has 0 aliphatic rings. The van der Waals surface area contributed by atoms with Crippen molar-refractivity contribution < 1.29 is 19.0 Å².